The van der Waals surface area contributed by atoms with Gasteiger partial charge in [0.2, 0.25) is 0 Å². The maximum absolute atomic E-state index is 12.5. The van der Waals surface area contributed by atoms with Crippen molar-refractivity contribution in [1.29, 1.82) is 0 Å². The van der Waals surface area contributed by atoms with E-state index < -0.39 is 0 Å². The second-order valence-corrected chi connectivity index (χ2v) is 9.30. The van der Waals surface area contributed by atoms with Crippen LogP contribution in [-0.2, 0) is 9.59 Å². The normalized spacial score (nSPS) is 51.6. The van der Waals surface area contributed by atoms with Gasteiger partial charge in [0.05, 0.1) is 0 Å². The number of hydrogen-bond acceptors (Lipinski definition) is 2. The Bertz CT molecular complexity index is 617. The molecule has 0 aromatic heterocycles. The van der Waals surface area contributed by atoms with E-state index in [0.29, 0.717) is 17.5 Å². The molecule has 4 fully saturated rings. The molecule has 5 aliphatic rings. The largest absolute Gasteiger partial charge is 0.299 e. The molecule has 124 valence electrons. The molecule has 0 N–H and O–H groups in total. The maximum Gasteiger partial charge on any atom is 0.155 e. The molecule has 0 aliphatic heterocycles. The van der Waals surface area contributed by atoms with Crippen LogP contribution in [0.5, 0.6) is 0 Å². The van der Waals surface area contributed by atoms with E-state index >= 15 is 0 Å². The van der Waals surface area contributed by atoms with E-state index in [1.165, 1.54) is 44.1 Å². The first-order valence-electron chi connectivity index (χ1n) is 9.82. The third kappa shape index (κ3) is 1.66. The minimum atomic E-state index is 0.0707. The molecule has 0 bridgehead atoms. The summed E-state index contributed by atoms with van der Waals surface area (Å²) in [5, 5.41) is 0. The maximum atomic E-state index is 12.5. The van der Waals surface area contributed by atoms with Crippen molar-refractivity contribution in [3.8, 4) is 0 Å². The molecule has 6 atom stereocenters. The summed E-state index contributed by atoms with van der Waals surface area (Å²) in [4.78, 5) is 24.3. The summed E-state index contributed by atoms with van der Waals surface area (Å²) in [6.07, 6.45) is 13.3. The zero-order valence-electron chi connectivity index (χ0n) is 14.3. The molecule has 0 heterocycles. The number of Topliss-reactive ketones (excluding diaryl/α,β-unsaturated/α-hetero) is 1. The van der Waals surface area contributed by atoms with E-state index in [1.54, 1.807) is 0 Å². The van der Waals surface area contributed by atoms with Crippen molar-refractivity contribution < 1.29 is 9.59 Å². The standard InChI is InChI=1S/C21H28O2/c1-20-9-6-16-15-5-3-14(22)12-13(15)2-4-17(16)18(20)7-10-21(20)11-8-19(21)23/h12,15-18H,2-11H2,1H3/t15-,16+,17+,18-,20-,21-/m0/s1. The van der Waals surface area contributed by atoms with Gasteiger partial charge in [0.15, 0.2) is 5.78 Å². The van der Waals surface area contributed by atoms with Crippen molar-refractivity contribution in [3.63, 3.8) is 0 Å². The van der Waals surface area contributed by atoms with E-state index in [0.717, 1.165) is 43.4 Å². The van der Waals surface area contributed by atoms with Gasteiger partial charge in [-0.05, 0) is 86.5 Å². The first-order chi connectivity index (χ1) is 11.1. The molecule has 5 aliphatic carbocycles. The third-order valence-corrected chi connectivity index (χ3v) is 8.98. The fourth-order valence-corrected chi connectivity index (χ4v) is 7.71. The fraction of sp³-hybridized carbons (Fsp3) is 0.810. The molecule has 0 amide bonds. The number of fused-ring (bicyclic) bond motifs is 6. The van der Waals surface area contributed by atoms with Gasteiger partial charge in [-0.2, -0.15) is 0 Å². The van der Waals surface area contributed by atoms with Crippen LogP contribution in [0.2, 0.25) is 0 Å². The van der Waals surface area contributed by atoms with Crippen LogP contribution in [0.25, 0.3) is 0 Å². The molecule has 4 saturated carbocycles. The number of rotatable bonds is 0. The number of ketones is 2. The van der Waals surface area contributed by atoms with E-state index in [-0.39, 0.29) is 10.8 Å². The first kappa shape index (κ1) is 14.4. The van der Waals surface area contributed by atoms with Crippen LogP contribution in [0.3, 0.4) is 0 Å². The highest BCUT2D eigenvalue weighted by molar-refractivity contribution is 5.92. The average molecular weight is 312 g/mol. The van der Waals surface area contributed by atoms with Gasteiger partial charge in [-0.15, -0.1) is 0 Å². The lowest BCUT2D eigenvalue weighted by atomic mass is 9.45. The van der Waals surface area contributed by atoms with Gasteiger partial charge >= 0.3 is 0 Å². The zero-order valence-corrected chi connectivity index (χ0v) is 14.3. The molecule has 2 heteroatoms. The summed E-state index contributed by atoms with van der Waals surface area (Å²) >= 11 is 0. The number of hydrogen-bond donors (Lipinski definition) is 0. The molecular formula is C21H28O2. The van der Waals surface area contributed by atoms with E-state index in [2.05, 4.69) is 6.92 Å². The molecule has 0 aromatic carbocycles. The molecule has 1 spiro atoms. The van der Waals surface area contributed by atoms with Crippen molar-refractivity contribution >= 4 is 11.6 Å². The van der Waals surface area contributed by atoms with Crippen LogP contribution < -0.4 is 0 Å². The van der Waals surface area contributed by atoms with Gasteiger partial charge < -0.3 is 0 Å². The quantitative estimate of drug-likeness (QED) is 0.661. The predicted octanol–water partition coefficient (Wildman–Crippen LogP) is 4.48. The van der Waals surface area contributed by atoms with Crippen LogP contribution in [0.4, 0.5) is 0 Å². The minimum absolute atomic E-state index is 0.0707. The Balaban J connectivity index is 1.47. The van der Waals surface area contributed by atoms with Gasteiger partial charge in [0.1, 0.15) is 5.78 Å². The van der Waals surface area contributed by atoms with E-state index in [4.69, 9.17) is 0 Å². The molecule has 5 rings (SSSR count). The lowest BCUT2D eigenvalue weighted by Crippen LogP contribution is -2.55. The van der Waals surface area contributed by atoms with Gasteiger partial charge in [0.25, 0.3) is 0 Å². The summed E-state index contributed by atoms with van der Waals surface area (Å²) in [6, 6.07) is 0. The van der Waals surface area contributed by atoms with Gasteiger partial charge in [-0.1, -0.05) is 12.5 Å². The molecule has 0 unspecified atom stereocenters. The van der Waals surface area contributed by atoms with Crippen molar-refractivity contribution in [2.24, 2.45) is 34.5 Å². The summed E-state index contributed by atoms with van der Waals surface area (Å²) in [7, 11) is 0. The van der Waals surface area contributed by atoms with Crippen molar-refractivity contribution in [2.75, 3.05) is 0 Å². The smallest absolute Gasteiger partial charge is 0.155 e. The molecule has 2 nitrogen and oxygen atoms in total. The van der Waals surface area contributed by atoms with Crippen molar-refractivity contribution in [2.45, 2.75) is 71.1 Å². The second-order valence-electron chi connectivity index (χ2n) is 9.30. The Morgan fingerprint density at radius 3 is 2.52 bits per heavy atom. The molecule has 0 saturated heterocycles. The average Bonchev–Trinajstić information content (AvgIpc) is 2.88. The number of carbonyl (C=O) groups is 2. The van der Waals surface area contributed by atoms with E-state index in [1.807, 2.05) is 6.08 Å². The highest BCUT2D eigenvalue weighted by Gasteiger charge is 2.67. The first-order valence-corrected chi connectivity index (χ1v) is 9.82. The van der Waals surface area contributed by atoms with E-state index in [9.17, 15) is 9.59 Å². The predicted molar refractivity (Wildman–Crippen MR) is 88.8 cm³/mol. The summed E-state index contributed by atoms with van der Waals surface area (Å²) in [6.45, 7) is 2.47. The highest BCUT2D eigenvalue weighted by atomic mass is 16.1. The summed E-state index contributed by atoms with van der Waals surface area (Å²) in [5.74, 6) is 4.01. The number of allylic oxidation sites excluding steroid dienone is 1. The minimum Gasteiger partial charge on any atom is -0.299 e. The number of carbonyl (C=O) groups excluding carboxylic acids is 2. The Labute approximate surface area is 139 Å². The van der Waals surface area contributed by atoms with Crippen LogP contribution >= 0.6 is 0 Å². The Kier molecular flexibility index (Phi) is 2.87. The fourth-order valence-electron chi connectivity index (χ4n) is 7.71. The summed E-state index contributed by atoms with van der Waals surface area (Å²) in [5.41, 5.74) is 1.83. The topological polar surface area (TPSA) is 34.1 Å². The lowest BCUT2D eigenvalue weighted by Gasteiger charge is -2.58. The van der Waals surface area contributed by atoms with Gasteiger partial charge in [-0.3, -0.25) is 9.59 Å². The van der Waals surface area contributed by atoms with Gasteiger partial charge in [-0.25, -0.2) is 0 Å². The molecular weight excluding hydrogens is 284 g/mol. The SMILES string of the molecule is C[C@]12CC[C@H]3[C@@H](CCC4=CC(=O)CC[C@@H]43)[C@@H]1CC[C@@]21CCC1=O. The Morgan fingerprint density at radius 1 is 0.913 bits per heavy atom. The third-order valence-electron chi connectivity index (χ3n) is 8.98. The van der Waals surface area contributed by atoms with Crippen LogP contribution in [-0.4, -0.2) is 11.6 Å². The molecule has 23 heavy (non-hydrogen) atoms. The van der Waals surface area contributed by atoms with Crippen LogP contribution in [0, 0.1) is 34.5 Å². The van der Waals surface area contributed by atoms with Crippen LogP contribution in [0.15, 0.2) is 11.6 Å². The summed E-state index contributed by atoms with van der Waals surface area (Å²) < 4.78 is 0. The molecule has 0 radical (unpaired) electrons. The highest BCUT2D eigenvalue weighted by Crippen LogP contribution is 2.71. The zero-order chi connectivity index (χ0) is 15.8. The lowest BCUT2D eigenvalue weighted by molar-refractivity contribution is -0.155. The van der Waals surface area contributed by atoms with Gasteiger partial charge in [0, 0.05) is 18.3 Å². The Hall–Kier alpha value is -0.920. The Morgan fingerprint density at radius 2 is 1.78 bits per heavy atom. The van der Waals surface area contributed by atoms with Crippen molar-refractivity contribution in [3.05, 3.63) is 11.6 Å². The monoisotopic (exact) mass is 312 g/mol. The van der Waals surface area contributed by atoms with Crippen LogP contribution in [0.1, 0.15) is 71.1 Å². The van der Waals surface area contributed by atoms with Crippen molar-refractivity contribution in [1.82, 2.24) is 0 Å². The molecule has 0 aromatic rings. The second kappa shape index (κ2) is 4.58.